The third kappa shape index (κ3) is 3.25. The van der Waals surface area contributed by atoms with Crippen LogP contribution in [0, 0.1) is 0 Å². The Bertz CT molecular complexity index is 502. The molecule has 0 aliphatic carbocycles. The summed E-state index contributed by atoms with van der Waals surface area (Å²) in [6, 6.07) is 11.8. The minimum Gasteiger partial charge on any atom is -0.327 e. The van der Waals surface area contributed by atoms with E-state index in [0.717, 1.165) is 15.5 Å². The molecule has 0 aliphatic rings. The first-order chi connectivity index (χ1) is 8.68. The zero-order valence-corrected chi connectivity index (χ0v) is 11.7. The maximum atomic E-state index is 6.25. The van der Waals surface area contributed by atoms with Crippen LogP contribution in [-0.4, -0.2) is 11.0 Å². The van der Waals surface area contributed by atoms with Gasteiger partial charge in [-0.2, -0.15) is 0 Å². The molecule has 4 heteroatoms. The summed E-state index contributed by atoms with van der Waals surface area (Å²) >= 11 is 7.96. The van der Waals surface area contributed by atoms with E-state index in [-0.39, 0.29) is 11.3 Å². The molecule has 0 aliphatic heterocycles. The van der Waals surface area contributed by atoms with Gasteiger partial charge in [0.2, 0.25) is 0 Å². The number of nitrogens with two attached hydrogens (primary N) is 1. The standard InChI is InChI=1S/C14H15ClN2S/c1-10(16)14(12-4-2-3-5-13(12)15)18-11-6-8-17-9-7-11/h2-10,14H,16H2,1H3. The van der Waals surface area contributed by atoms with Crippen molar-refractivity contribution in [3.05, 3.63) is 59.4 Å². The lowest BCUT2D eigenvalue weighted by Gasteiger charge is -2.21. The van der Waals surface area contributed by atoms with Crippen LogP contribution < -0.4 is 5.73 Å². The average Bonchev–Trinajstić information content (AvgIpc) is 2.38. The van der Waals surface area contributed by atoms with E-state index < -0.39 is 0 Å². The van der Waals surface area contributed by atoms with Gasteiger partial charge in [0.05, 0.1) is 5.25 Å². The van der Waals surface area contributed by atoms with Crippen LogP contribution in [0.5, 0.6) is 0 Å². The highest BCUT2D eigenvalue weighted by molar-refractivity contribution is 7.99. The van der Waals surface area contributed by atoms with Crippen molar-refractivity contribution in [3.8, 4) is 0 Å². The molecule has 2 N–H and O–H groups in total. The van der Waals surface area contributed by atoms with Gasteiger partial charge >= 0.3 is 0 Å². The number of benzene rings is 1. The molecule has 1 heterocycles. The summed E-state index contributed by atoms with van der Waals surface area (Å²) in [4.78, 5) is 5.16. The van der Waals surface area contributed by atoms with Crippen LogP contribution in [0.15, 0.2) is 53.7 Å². The molecule has 1 aromatic heterocycles. The van der Waals surface area contributed by atoms with Gasteiger partial charge in [0.15, 0.2) is 0 Å². The molecule has 0 saturated carbocycles. The topological polar surface area (TPSA) is 38.9 Å². The number of aromatic nitrogens is 1. The lowest BCUT2D eigenvalue weighted by Crippen LogP contribution is -2.22. The van der Waals surface area contributed by atoms with Crippen molar-refractivity contribution in [2.75, 3.05) is 0 Å². The predicted octanol–water partition coefficient (Wildman–Crippen LogP) is 3.92. The number of thioether (sulfide) groups is 1. The van der Waals surface area contributed by atoms with Gasteiger partial charge in [0, 0.05) is 28.4 Å². The summed E-state index contributed by atoms with van der Waals surface area (Å²) in [6.07, 6.45) is 3.57. The maximum Gasteiger partial charge on any atom is 0.0507 e. The maximum absolute atomic E-state index is 6.25. The van der Waals surface area contributed by atoms with E-state index in [0.29, 0.717) is 0 Å². The fraction of sp³-hybridized carbons (Fsp3) is 0.214. The van der Waals surface area contributed by atoms with Crippen LogP contribution in [0.2, 0.25) is 5.02 Å². The molecule has 0 fully saturated rings. The minimum atomic E-state index is 0.0167. The Morgan fingerprint density at radius 2 is 1.83 bits per heavy atom. The SMILES string of the molecule is CC(N)C(Sc1ccncc1)c1ccccc1Cl. The van der Waals surface area contributed by atoms with E-state index in [2.05, 4.69) is 4.98 Å². The summed E-state index contributed by atoms with van der Waals surface area (Å²) in [6.45, 7) is 2.00. The van der Waals surface area contributed by atoms with Crippen molar-refractivity contribution in [2.24, 2.45) is 5.73 Å². The number of rotatable bonds is 4. The molecule has 0 saturated heterocycles. The average molecular weight is 279 g/mol. The van der Waals surface area contributed by atoms with E-state index >= 15 is 0 Å². The lowest BCUT2D eigenvalue weighted by atomic mass is 10.1. The molecule has 2 rings (SSSR count). The molecule has 1 aromatic carbocycles. The van der Waals surface area contributed by atoms with Gasteiger partial charge in [-0.3, -0.25) is 4.98 Å². The Hall–Kier alpha value is -1.03. The Morgan fingerprint density at radius 3 is 2.44 bits per heavy atom. The molecule has 2 nitrogen and oxygen atoms in total. The summed E-state index contributed by atoms with van der Waals surface area (Å²) in [7, 11) is 0. The lowest BCUT2D eigenvalue weighted by molar-refractivity contribution is 0.721. The number of hydrogen-bond acceptors (Lipinski definition) is 3. The highest BCUT2D eigenvalue weighted by Crippen LogP contribution is 2.39. The smallest absolute Gasteiger partial charge is 0.0507 e. The first-order valence-corrected chi connectivity index (χ1v) is 7.01. The summed E-state index contributed by atoms with van der Waals surface area (Å²) in [5, 5.41) is 0.905. The van der Waals surface area contributed by atoms with Crippen molar-refractivity contribution >= 4 is 23.4 Å². The van der Waals surface area contributed by atoms with Gasteiger partial charge in [0.1, 0.15) is 0 Å². The second-order valence-electron chi connectivity index (χ2n) is 4.10. The summed E-state index contributed by atoms with van der Waals surface area (Å²) < 4.78 is 0. The van der Waals surface area contributed by atoms with Gasteiger partial charge in [-0.1, -0.05) is 29.8 Å². The van der Waals surface area contributed by atoms with Crippen molar-refractivity contribution < 1.29 is 0 Å². The molecule has 2 atom stereocenters. The number of nitrogens with zero attached hydrogens (tertiary/aromatic N) is 1. The van der Waals surface area contributed by atoms with Gasteiger partial charge in [0.25, 0.3) is 0 Å². The normalized spacial score (nSPS) is 14.2. The Morgan fingerprint density at radius 1 is 1.17 bits per heavy atom. The van der Waals surface area contributed by atoms with Crippen molar-refractivity contribution in [3.63, 3.8) is 0 Å². The fourth-order valence-electron chi connectivity index (χ4n) is 1.72. The van der Waals surface area contributed by atoms with E-state index in [1.807, 2.05) is 43.3 Å². The molecule has 0 radical (unpaired) electrons. The van der Waals surface area contributed by atoms with E-state index in [4.69, 9.17) is 17.3 Å². The highest BCUT2D eigenvalue weighted by atomic mass is 35.5. The van der Waals surface area contributed by atoms with Crippen molar-refractivity contribution in [1.82, 2.24) is 4.98 Å². The molecular formula is C14H15ClN2S. The van der Waals surface area contributed by atoms with Gasteiger partial charge in [-0.25, -0.2) is 0 Å². The quantitative estimate of drug-likeness (QED) is 0.862. The second kappa shape index (κ2) is 6.23. The molecule has 94 valence electrons. The third-order valence-corrected chi connectivity index (χ3v) is 4.43. The Balaban J connectivity index is 2.27. The van der Waals surface area contributed by atoms with Gasteiger partial charge in [-0.15, -0.1) is 11.8 Å². The van der Waals surface area contributed by atoms with Crippen molar-refractivity contribution in [2.45, 2.75) is 23.1 Å². The van der Waals surface area contributed by atoms with Crippen LogP contribution >= 0.6 is 23.4 Å². The van der Waals surface area contributed by atoms with Crippen LogP contribution in [0.4, 0.5) is 0 Å². The highest BCUT2D eigenvalue weighted by Gasteiger charge is 2.19. The zero-order chi connectivity index (χ0) is 13.0. The summed E-state index contributed by atoms with van der Waals surface area (Å²) in [5.41, 5.74) is 7.17. The minimum absolute atomic E-state index is 0.0167. The molecule has 0 amide bonds. The Kier molecular flexibility index (Phi) is 4.64. The van der Waals surface area contributed by atoms with Crippen LogP contribution in [0.1, 0.15) is 17.7 Å². The van der Waals surface area contributed by atoms with E-state index in [1.165, 1.54) is 0 Å². The van der Waals surface area contributed by atoms with Gasteiger partial charge in [-0.05, 0) is 30.7 Å². The molecule has 2 unspecified atom stereocenters. The third-order valence-electron chi connectivity index (χ3n) is 2.60. The number of halogens is 1. The molecule has 18 heavy (non-hydrogen) atoms. The monoisotopic (exact) mass is 278 g/mol. The molecular weight excluding hydrogens is 264 g/mol. The summed E-state index contributed by atoms with van der Waals surface area (Å²) in [5.74, 6) is 0. The predicted molar refractivity (Wildman–Crippen MR) is 77.9 cm³/mol. The first-order valence-electron chi connectivity index (χ1n) is 5.75. The zero-order valence-electron chi connectivity index (χ0n) is 10.1. The number of hydrogen-bond donors (Lipinski definition) is 1. The Labute approximate surface area is 117 Å². The first kappa shape index (κ1) is 13.4. The second-order valence-corrected chi connectivity index (χ2v) is 5.72. The molecule has 0 bridgehead atoms. The fourth-order valence-corrected chi connectivity index (χ4v) is 3.16. The molecule has 2 aromatic rings. The van der Waals surface area contributed by atoms with Gasteiger partial charge < -0.3 is 5.73 Å². The largest absolute Gasteiger partial charge is 0.327 e. The van der Waals surface area contributed by atoms with Crippen LogP contribution in [0.3, 0.4) is 0 Å². The van der Waals surface area contributed by atoms with Crippen molar-refractivity contribution in [1.29, 1.82) is 0 Å². The number of pyridine rings is 1. The van der Waals surface area contributed by atoms with E-state index in [9.17, 15) is 0 Å². The van der Waals surface area contributed by atoms with E-state index in [1.54, 1.807) is 24.2 Å². The molecule has 0 spiro atoms. The van der Waals surface area contributed by atoms with Crippen LogP contribution in [-0.2, 0) is 0 Å². The van der Waals surface area contributed by atoms with Crippen LogP contribution in [0.25, 0.3) is 0 Å².